The summed E-state index contributed by atoms with van der Waals surface area (Å²) in [6, 6.07) is 4.89. The summed E-state index contributed by atoms with van der Waals surface area (Å²) in [5, 5.41) is 5.39. The van der Waals surface area contributed by atoms with Crippen LogP contribution in [0.25, 0.3) is 0 Å². The van der Waals surface area contributed by atoms with E-state index in [0.717, 1.165) is 0 Å². The van der Waals surface area contributed by atoms with Crippen LogP contribution in [0.1, 0.15) is 38.1 Å². The summed E-state index contributed by atoms with van der Waals surface area (Å²) >= 11 is 0. The van der Waals surface area contributed by atoms with Gasteiger partial charge in [0.2, 0.25) is 0 Å². The molecular formula is C16H18N4O3. The van der Waals surface area contributed by atoms with E-state index in [1.54, 1.807) is 42.2 Å². The number of nitrogens with zero attached hydrogens (tertiary/aromatic N) is 2. The van der Waals surface area contributed by atoms with Gasteiger partial charge < -0.3 is 15.2 Å². The first-order valence-corrected chi connectivity index (χ1v) is 7.12. The minimum atomic E-state index is -0.296. The van der Waals surface area contributed by atoms with Crippen LogP contribution in [0, 0.1) is 0 Å². The van der Waals surface area contributed by atoms with Gasteiger partial charge in [0, 0.05) is 44.3 Å². The smallest absolute Gasteiger partial charge is 0.267 e. The molecule has 2 aromatic rings. The summed E-state index contributed by atoms with van der Waals surface area (Å²) in [6.07, 6.45) is 4.68. The molecule has 0 saturated carbocycles. The van der Waals surface area contributed by atoms with Crippen LogP contribution in [0.15, 0.2) is 36.8 Å². The number of aromatic nitrogens is 2. The molecule has 0 aliphatic rings. The molecule has 2 N–H and O–H groups in total. The summed E-state index contributed by atoms with van der Waals surface area (Å²) in [7, 11) is 1.70. The van der Waals surface area contributed by atoms with Crippen molar-refractivity contribution in [3.63, 3.8) is 0 Å². The topological polar surface area (TPSA) is 93.1 Å². The van der Waals surface area contributed by atoms with Crippen LogP contribution in [0.4, 0.5) is 0 Å². The molecule has 0 aliphatic heterocycles. The predicted molar refractivity (Wildman–Crippen MR) is 84.3 cm³/mol. The van der Waals surface area contributed by atoms with E-state index < -0.39 is 0 Å². The Bertz CT molecular complexity index is 722. The molecule has 0 unspecified atom stereocenters. The number of Topliss-reactive ketones (excluding diaryl/α,β-unsaturated/α-hetero) is 1. The maximum atomic E-state index is 12.1. The Balaban J connectivity index is 1.81. The number of carbonyl (C=O) groups is 3. The van der Waals surface area contributed by atoms with Crippen LogP contribution in [0.5, 0.6) is 0 Å². The molecule has 23 heavy (non-hydrogen) atoms. The van der Waals surface area contributed by atoms with Crippen molar-refractivity contribution in [2.24, 2.45) is 7.05 Å². The average molecular weight is 314 g/mol. The minimum absolute atomic E-state index is 0.0941. The van der Waals surface area contributed by atoms with E-state index in [0.29, 0.717) is 23.4 Å². The van der Waals surface area contributed by atoms with E-state index in [1.165, 1.54) is 13.1 Å². The molecule has 7 heteroatoms. The maximum Gasteiger partial charge on any atom is 0.267 e. The van der Waals surface area contributed by atoms with Crippen molar-refractivity contribution in [3.8, 4) is 0 Å². The van der Waals surface area contributed by atoms with E-state index in [-0.39, 0.29) is 24.1 Å². The van der Waals surface area contributed by atoms with Gasteiger partial charge in [-0.2, -0.15) is 0 Å². The molecule has 0 aromatic carbocycles. The van der Waals surface area contributed by atoms with Gasteiger partial charge in [0.05, 0.1) is 5.56 Å². The van der Waals surface area contributed by atoms with Crippen LogP contribution in [0.3, 0.4) is 0 Å². The Morgan fingerprint density at radius 2 is 1.83 bits per heavy atom. The van der Waals surface area contributed by atoms with E-state index in [4.69, 9.17) is 0 Å². The molecule has 0 spiro atoms. The van der Waals surface area contributed by atoms with E-state index in [9.17, 15) is 14.4 Å². The van der Waals surface area contributed by atoms with Crippen molar-refractivity contribution in [2.45, 2.75) is 6.92 Å². The largest absolute Gasteiger partial charge is 0.350 e. The van der Waals surface area contributed by atoms with Gasteiger partial charge in [-0.25, -0.2) is 0 Å². The van der Waals surface area contributed by atoms with Crippen molar-refractivity contribution in [3.05, 3.63) is 53.6 Å². The fraction of sp³-hybridized carbons (Fsp3) is 0.250. The Kier molecular flexibility index (Phi) is 5.24. The number of amides is 2. The van der Waals surface area contributed by atoms with Crippen LogP contribution >= 0.6 is 0 Å². The number of hydrogen-bond acceptors (Lipinski definition) is 4. The quantitative estimate of drug-likeness (QED) is 0.609. The zero-order valence-corrected chi connectivity index (χ0v) is 13.0. The lowest BCUT2D eigenvalue weighted by molar-refractivity contribution is 0.0923. The van der Waals surface area contributed by atoms with Gasteiger partial charge >= 0.3 is 0 Å². The minimum Gasteiger partial charge on any atom is -0.350 e. The molecule has 2 rings (SSSR count). The maximum absolute atomic E-state index is 12.1. The first-order chi connectivity index (χ1) is 11.0. The number of nitrogens with one attached hydrogen (secondary N) is 2. The third kappa shape index (κ3) is 4.26. The van der Waals surface area contributed by atoms with Gasteiger partial charge in [0.15, 0.2) is 5.78 Å². The highest BCUT2D eigenvalue weighted by Crippen LogP contribution is 2.07. The summed E-state index contributed by atoms with van der Waals surface area (Å²) in [6.45, 7) is 2.03. The molecular weight excluding hydrogens is 296 g/mol. The Hall–Kier alpha value is -2.96. The van der Waals surface area contributed by atoms with E-state index >= 15 is 0 Å². The summed E-state index contributed by atoms with van der Waals surface area (Å²) in [5.41, 5.74) is 1.35. The van der Waals surface area contributed by atoms with Gasteiger partial charge in [0.1, 0.15) is 5.69 Å². The zero-order chi connectivity index (χ0) is 16.8. The fourth-order valence-electron chi connectivity index (χ4n) is 2.02. The lowest BCUT2D eigenvalue weighted by Crippen LogP contribution is -2.35. The number of hydrogen-bond donors (Lipinski definition) is 2. The summed E-state index contributed by atoms with van der Waals surface area (Å²) in [5.74, 6) is -0.635. The third-order valence-corrected chi connectivity index (χ3v) is 3.26. The van der Waals surface area contributed by atoms with Gasteiger partial charge in [-0.05, 0) is 25.1 Å². The predicted octanol–water partition coefficient (Wildman–Crippen LogP) is 0.782. The van der Waals surface area contributed by atoms with Crippen molar-refractivity contribution >= 4 is 17.6 Å². The molecule has 2 heterocycles. The van der Waals surface area contributed by atoms with Gasteiger partial charge in [-0.1, -0.05) is 0 Å². The highest BCUT2D eigenvalue weighted by Gasteiger charge is 2.13. The van der Waals surface area contributed by atoms with Crippen molar-refractivity contribution in [2.75, 3.05) is 13.1 Å². The summed E-state index contributed by atoms with van der Waals surface area (Å²) < 4.78 is 1.60. The highest BCUT2D eigenvalue weighted by atomic mass is 16.2. The van der Waals surface area contributed by atoms with E-state index in [1.807, 2.05) is 0 Å². The molecule has 120 valence electrons. The third-order valence-electron chi connectivity index (χ3n) is 3.26. The van der Waals surface area contributed by atoms with Crippen LogP contribution in [-0.4, -0.2) is 40.2 Å². The molecule has 2 amide bonds. The zero-order valence-electron chi connectivity index (χ0n) is 13.0. The monoisotopic (exact) mass is 314 g/mol. The van der Waals surface area contributed by atoms with Crippen molar-refractivity contribution in [1.82, 2.24) is 20.2 Å². The number of ketones is 1. The molecule has 7 nitrogen and oxygen atoms in total. The number of pyridine rings is 1. The highest BCUT2D eigenvalue weighted by molar-refractivity contribution is 5.99. The Morgan fingerprint density at radius 1 is 1.13 bits per heavy atom. The second-order valence-electron chi connectivity index (χ2n) is 5.03. The SMILES string of the molecule is CC(=O)c1cc(C(=O)NCCNC(=O)c2cccnc2)n(C)c1. The van der Waals surface area contributed by atoms with Gasteiger partial charge in [-0.15, -0.1) is 0 Å². The molecule has 0 bridgehead atoms. The first kappa shape index (κ1) is 16.4. The number of rotatable bonds is 6. The molecule has 0 saturated heterocycles. The lowest BCUT2D eigenvalue weighted by Gasteiger charge is -2.07. The fourth-order valence-corrected chi connectivity index (χ4v) is 2.02. The molecule has 0 radical (unpaired) electrons. The molecule has 0 atom stereocenters. The molecule has 2 aromatic heterocycles. The normalized spacial score (nSPS) is 10.2. The Labute approximate surface area is 133 Å². The summed E-state index contributed by atoms with van der Waals surface area (Å²) in [4.78, 5) is 39.0. The average Bonchev–Trinajstić information content (AvgIpc) is 2.94. The van der Waals surface area contributed by atoms with Crippen LogP contribution < -0.4 is 10.6 Å². The van der Waals surface area contributed by atoms with Gasteiger partial charge in [0.25, 0.3) is 11.8 Å². The second-order valence-corrected chi connectivity index (χ2v) is 5.03. The van der Waals surface area contributed by atoms with Gasteiger partial charge in [-0.3, -0.25) is 19.4 Å². The van der Waals surface area contributed by atoms with Crippen molar-refractivity contribution in [1.29, 1.82) is 0 Å². The lowest BCUT2D eigenvalue weighted by atomic mass is 10.2. The first-order valence-electron chi connectivity index (χ1n) is 7.12. The second kappa shape index (κ2) is 7.35. The number of carbonyl (C=O) groups excluding carboxylic acids is 3. The molecule has 0 aliphatic carbocycles. The van der Waals surface area contributed by atoms with Crippen molar-refractivity contribution < 1.29 is 14.4 Å². The van der Waals surface area contributed by atoms with E-state index in [2.05, 4.69) is 15.6 Å². The Morgan fingerprint density at radius 3 is 2.39 bits per heavy atom. The van der Waals surface area contributed by atoms with Crippen LogP contribution in [0.2, 0.25) is 0 Å². The molecule has 0 fully saturated rings. The van der Waals surface area contributed by atoms with Crippen LogP contribution in [-0.2, 0) is 7.05 Å². The number of aryl methyl sites for hydroxylation is 1. The standard InChI is InChI=1S/C16H18N4O3/c1-11(21)13-8-14(20(2)10-13)16(23)19-7-6-18-15(22)12-4-3-5-17-9-12/h3-5,8-10H,6-7H2,1-2H3,(H,18,22)(H,19,23).